The van der Waals surface area contributed by atoms with E-state index in [0.29, 0.717) is 13.2 Å². The van der Waals surface area contributed by atoms with Crippen LogP contribution >= 0.6 is 0 Å². The van der Waals surface area contributed by atoms with Crippen LogP contribution in [0, 0.1) is 6.92 Å². The molecule has 5 heteroatoms. The van der Waals surface area contributed by atoms with E-state index >= 15 is 0 Å². The first-order valence-corrected chi connectivity index (χ1v) is 3.69. The monoisotopic (exact) mass is 176 g/mol. The van der Waals surface area contributed by atoms with Gasteiger partial charge in [0.2, 0.25) is 0 Å². The van der Waals surface area contributed by atoms with Gasteiger partial charge in [-0.25, -0.2) is 4.79 Å². The van der Waals surface area contributed by atoms with Crippen LogP contribution in [0.5, 0.6) is 0 Å². The molecule has 0 bridgehead atoms. The first-order valence-electron chi connectivity index (χ1n) is 3.69. The molecule has 0 heterocycles. The van der Waals surface area contributed by atoms with Gasteiger partial charge in [0.05, 0.1) is 13.2 Å². The van der Waals surface area contributed by atoms with Crippen molar-refractivity contribution >= 4 is 6.09 Å². The summed E-state index contributed by atoms with van der Waals surface area (Å²) in [6, 6.07) is 0. The Morgan fingerprint density at radius 1 is 1.50 bits per heavy atom. The average molecular weight is 176 g/mol. The Morgan fingerprint density at radius 2 is 2.25 bits per heavy atom. The van der Waals surface area contributed by atoms with Crippen molar-refractivity contribution in [1.82, 2.24) is 5.32 Å². The van der Waals surface area contributed by atoms with E-state index in [4.69, 9.17) is 9.84 Å². The van der Waals surface area contributed by atoms with Gasteiger partial charge in [-0.15, -0.1) is 0 Å². The van der Waals surface area contributed by atoms with Gasteiger partial charge in [0, 0.05) is 13.2 Å². The van der Waals surface area contributed by atoms with Crippen molar-refractivity contribution in [3.05, 3.63) is 6.92 Å². The van der Waals surface area contributed by atoms with Crippen LogP contribution in [0.15, 0.2) is 0 Å². The molecule has 0 rings (SSSR count). The zero-order valence-corrected chi connectivity index (χ0v) is 6.91. The summed E-state index contributed by atoms with van der Waals surface area (Å²) in [4.78, 5) is 10.6. The summed E-state index contributed by atoms with van der Waals surface area (Å²) in [5.74, 6) is 0. The molecule has 0 saturated heterocycles. The molecule has 0 aromatic carbocycles. The van der Waals surface area contributed by atoms with Crippen LogP contribution in [-0.4, -0.2) is 44.2 Å². The number of amides is 1. The SMILES string of the molecule is [CH2]COCCOC(=O)NCCO. The number of aliphatic hydroxyl groups is 1. The molecule has 0 atom stereocenters. The van der Waals surface area contributed by atoms with Gasteiger partial charge in [-0.1, -0.05) is 0 Å². The first-order chi connectivity index (χ1) is 5.81. The quantitative estimate of drug-likeness (QED) is 0.538. The second-order valence-corrected chi connectivity index (χ2v) is 1.90. The van der Waals surface area contributed by atoms with Crippen LogP contribution < -0.4 is 5.32 Å². The molecule has 1 amide bonds. The fraction of sp³-hybridized carbons (Fsp3) is 0.714. The lowest BCUT2D eigenvalue weighted by molar-refractivity contribution is 0.0839. The van der Waals surface area contributed by atoms with E-state index in [-0.39, 0.29) is 19.8 Å². The lowest BCUT2D eigenvalue weighted by Crippen LogP contribution is -2.28. The van der Waals surface area contributed by atoms with Crippen molar-refractivity contribution in [2.75, 3.05) is 33.0 Å². The second kappa shape index (κ2) is 8.29. The highest BCUT2D eigenvalue weighted by atomic mass is 16.6. The Kier molecular flexibility index (Phi) is 7.73. The van der Waals surface area contributed by atoms with E-state index in [1.807, 2.05) is 0 Å². The summed E-state index contributed by atoms with van der Waals surface area (Å²) in [7, 11) is 0. The normalized spacial score (nSPS) is 9.50. The zero-order chi connectivity index (χ0) is 9.23. The van der Waals surface area contributed by atoms with Crippen LogP contribution in [0.4, 0.5) is 4.79 Å². The molecule has 0 saturated carbocycles. The van der Waals surface area contributed by atoms with Gasteiger partial charge in [0.1, 0.15) is 6.61 Å². The molecule has 71 valence electrons. The topological polar surface area (TPSA) is 67.8 Å². The number of aliphatic hydroxyl groups excluding tert-OH is 1. The highest BCUT2D eigenvalue weighted by Gasteiger charge is 1.98. The molecule has 0 aromatic heterocycles. The van der Waals surface area contributed by atoms with Gasteiger partial charge in [-0.3, -0.25) is 0 Å². The standard InChI is InChI=1S/C7H14NO4/c1-2-11-5-6-12-7(10)8-3-4-9/h9H,1-6H2,(H,8,10). The maximum absolute atomic E-state index is 10.6. The smallest absolute Gasteiger partial charge is 0.407 e. The summed E-state index contributed by atoms with van der Waals surface area (Å²) >= 11 is 0. The van der Waals surface area contributed by atoms with E-state index < -0.39 is 6.09 Å². The van der Waals surface area contributed by atoms with E-state index in [1.54, 1.807) is 0 Å². The van der Waals surface area contributed by atoms with Crippen molar-refractivity contribution in [3.8, 4) is 0 Å². The van der Waals surface area contributed by atoms with E-state index in [2.05, 4.69) is 17.0 Å². The zero-order valence-electron chi connectivity index (χ0n) is 6.91. The molecule has 0 aliphatic heterocycles. The maximum Gasteiger partial charge on any atom is 0.407 e. The molecule has 0 aliphatic rings. The number of hydrogen-bond donors (Lipinski definition) is 2. The predicted octanol–water partition coefficient (Wildman–Crippen LogP) is -0.444. The number of ether oxygens (including phenoxy) is 2. The van der Waals surface area contributed by atoms with E-state index in [9.17, 15) is 4.79 Å². The predicted molar refractivity (Wildman–Crippen MR) is 42.6 cm³/mol. The first kappa shape index (κ1) is 11.2. The van der Waals surface area contributed by atoms with Crippen molar-refractivity contribution in [2.45, 2.75) is 0 Å². The van der Waals surface area contributed by atoms with E-state index in [0.717, 1.165) is 0 Å². The lowest BCUT2D eigenvalue weighted by Gasteiger charge is -2.04. The molecule has 0 spiro atoms. The molecule has 0 unspecified atom stereocenters. The Morgan fingerprint density at radius 3 is 2.83 bits per heavy atom. The number of hydrogen-bond acceptors (Lipinski definition) is 4. The summed E-state index contributed by atoms with van der Waals surface area (Å²) in [5.41, 5.74) is 0. The van der Waals surface area contributed by atoms with Crippen LogP contribution in [0.2, 0.25) is 0 Å². The third kappa shape index (κ3) is 7.30. The minimum Gasteiger partial charge on any atom is -0.447 e. The number of carbonyl (C=O) groups is 1. The Hall–Kier alpha value is -0.810. The minimum absolute atomic E-state index is 0.0928. The van der Waals surface area contributed by atoms with E-state index in [1.165, 1.54) is 0 Å². The summed E-state index contributed by atoms with van der Waals surface area (Å²) < 4.78 is 9.46. The summed E-state index contributed by atoms with van der Waals surface area (Å²) in [5, 5.41) is 10.6. The average Bonchev–Trinajstić information content (AvgIpc) is 2.09. The molecule has 0 fully saturated rings. The van der Waals surface area contributed by atoms with Crippen molar-refractivity contribution in [2.24, 2.45) is 0 Å². The minimum atomic E-state index is -0.545. The van der Waals surface area contributed by atoms with Crippen molar-refractivity contribution < 1.29 is 19.4 Å². The number of alkyl carbamates (subject to hydrolysis) is 1. The molecular formula is C7H14NO4. The third-order valence-electron chi connectivity index (χ3n) is 0.986. The van der Waals surface area contributed by atoms with Crippen LogP contribution in [0.3, 0.4) is 0 Å². The van der Waals surface area contributed by atoms with Gasteiger partial charge < -0.3 is 19.9 Å². The molecule has 5 nitrogen and oxygen atoms in total. The summed E-state index contributed by atoms with van der Waals surface area (Å²) in [6.45, 7) is 4.46. The highest BCUT2D eigenvalue weighted by Crippen LogP contribution is 1.79. The maximum atomic E-state index is 10.6. The van der Waals surface area contributed by atoms with Gasteiger partial charge in [-0.05, 0) is 6.92 Å². The largest absolute Gasteiger partial charge is 0.447 e. The van der Waals surface area contributed by atoms with Crippen LogP contribution in [0.1, 0.15) is 0 Å². The molecule has 12 heavy (non-hydrogen) atoms. The fourth-order valence-electron chi connectivity index (χ4n) is 0.504. The van der Waals surface area contributed by atoms with Gasteiger partial charge >= 0.3 is 6.09 Å². The Labute approximate surface area is 71.7 Å². The number of rotatable bonds is 6. The van der Waals surface area contributed by atoms with Crippen LogP contribution in [-0.2, 0) is 9.47 Å². The van der Waals surface area contributed by atoms with Crippen molar-refractivity contribution in [1.29, 1.82) is 0 Å². The Balaban J connectivity index is 3.08. The molecule has 0 aliphatic carbocycles. The Bertz CT molecular complexity index is 118. The molecule has 2 N–H and O–H groups in total. The summed E-state index contributed by atoms with van der Waals surface area (Å²) in [6.07, 6.45) is -0.545. The molecular weight excluding hydrogens is 162 g/mol. The number of carbonyl (C=O) groups excluding carboxylic acids is 1. The van der Waals surface area contributed by atoms with Gasteiger partial charge in [-0.2, -0.15) is 0 Å². The molecule has 0 aromatic rings. The highest BCUT2D eigenvalue weighted by molar-refractivity contribution is 5.66. The molecule has 1 radical (unpaired) electrons. The fourth-order valence-corrected chi connectivity index (χ4v) is 0.504. The van der Waals surface area contributed by atoms with Crippen molar-refractivity contribution in [3.63, 3.8) is 0 Å². The third-order valence-corrected chi connectivity index (χ3v) is 0.986. The number of nitrogens with one attached hydrogen (secondary N) is 1. The second-order valence-electron chi connectivity index (χ2n) is 1.90. The van der Waals surface area contributed by atoms with Gasteiger partial charge in [0.15, 0.2) is 0 Å². The van der Waals surface area contributed by atoms with Gasteiger partial charge in [0.25, 0.3) is 0 Å². The lowest BCUT2D eigenvalue weighted by atomic mass is 10.7. The van der Waals surface area contributed by atoms with Crippen LogP contribution in [0.25, 0.3) is 0 Å².